The van der Waals surface area contributed by atoms with Gasteiger partial charge in [-0.25, -0.2) is 0 Å². The van der Waals surface area contributed by atoms with E-state index in [0.29, 0.717) is 13.0 Å². The first-order valence-electron chi connectivity index (χ1n) is 7.16. The average molecular weight is 301 g/mol. The van der Waals surface area contributed by atoms with Gasteiger partial charge in [0.25, 0.3) is 5.24 Å². The Labute approximate surface area is 124 Å². The lowest BCUT2D eigenvalue weighted by Gasteiger charge is -2.29. The fraction of sp³-hybridized carbons (Fsp3) is 0.846. The van der Waals surface area contributed by atoms with E-state index in [4.69, 9.17) is 4.74 Å². The van der Waals surface area contributed by atoms with Crippen LogP contribution >= 0.6 is 11.8 Å². The van der Waals surface area contributed by atoms with Crippen LogP contribution in [0.4, 0.5) is 4.79 Å². The predicted molar refractivity (Wildman–Crippen MR) is 78.9 cm³/mol. The van der Waals surface area contributed by atoms with E-state index in [9.17, 15) is 9.59 Å². The molecule has 1 atom stereocenters. The average Bonchev–Trinajstić information content (AvgIpc) is 2.83. The van der Waals surface area contributed by atoms with Gasteiger partial charge in [-0.1, -0.05) is 11.8 Å². The van der Waals surface area contributed by atoms with Crippen LogP contribution in [0, 0.1) is 0 Å². The monoisotopic (exact) mass is 301 g/mol. The minimum Gasteiger partial charge on any atom is -0.379 e. The van der Waals surface area contributed by atoms with Crippen molar-refractivity contribution >= 4 is 22.9 Å². The van der Waals surface area contributed by atoms with Gasteiger partial charge in [0.2, 0.25) is 5.91 Å². The molecule has 2 saturated heterocycles. The highest BCUT2D eigenvalue weighted by Crippen LogP contribution is 2.16. The number of hydrogen-bond donors (Lipinski definition) is 1. The van der Waals surface area contributed by atoms with Gasteiger partial charge in [-0.3, -0.25) is 14.5 Å². The Kier molecular flexibility index (Phi) is 6.12. The molecule has 0 bridgehead atoms. The first-order chi connectivity index (χ1) is 9.65. The minimum atomic E-state index is 0.0236. The van der Waals surface area contributed by atoms with Crippen LogP contribution in [0.3, 0.4) is 0 Å². The molecule has 0 aliphatic carbocycles. The number of carbonyl (C=O) groups excluding carboxylic acids is 2. The topological polar surface area (TPSA) is 61.9 Å². The van der Waals surface area contributed by atoms with Crippen molar-refractivity contribution in [3.63, 3.8) is 0 Å². The Morgan fingerprint density at radius 2 is 2.15 bits per heavy atom. The van der Waals surface area contributed by atoms with Crippen LogP contribution in [-0.4, -0.2) is 78.7 Å². The third-order valence-corrected chi connectivity index (χ3v) is 4.39. The van der Waals surface area contributed by atoms with Gasteiger partial charge in [0, 0.05) is 50.9 Å². The highest BCUT2D eigenvalue weighted by Gasteiger charge is 2.22. The van der Waals surface area contributed by atoms with Gasteiger partial charge in [-0.2, -0.15) is 0 Å². The molecule has 0 aromatic carbocycles. The van der Waals surface area contributed by atoms with Crippen molar-refractivity contribution in [1.82, 2.24) is 15.1 Å². The number of carbonyl (C=O) groups is 2. The van der Waals surface area contributed by atoms with Gasteiger partial charge in [0.05, 0.1) is 13.2 Å². The SMILES string of the molecule is CC(CN1CCOCC1)NC(=O)CCN1CCSC1=O. The zero-order chi connectivity index (χ0) is 14.4. The summed E-state index contributed by atoms with van der Waals surface area (Å²) < 4.78 is 5.30. The van der Waals surface area contributed by atoms with E-state index in [0.717, 1.165) is 45.1 Å². The summed E-state index contributed by atoms with van der Waals surface area (Å²) in [4.78, 5) is 27.3. The van der Waals surface area contributed by atoms with Gasteiger partial charge in [-0.15, -0.1) is 0 Å². The highest BCUT2D eigenvalue weighted by atomic mass is 32.2. The number of morpholine rings is 1. The first kappa shape index (κ1) is 15.6. The van der Waals surface area contributed by atoms with Crippen LogP contribution in [0.1, 0.15) is 13.3 Å². The van der Waals surface area contributed by atoms with E-state index in [1.807, 2.05) is 6.92 Å². The number of thioether (sulfide) groups is 1. The summed E-state index contributed by atoms with van der Waals surface area (Å²) >= 11 is 1.33. The summed E-state index contributed by atoms with van der Waals surface area (Å²) in [7, 11) is 0. The Hall–Kier alpha value is -0.790. The normalized spacial score (nSPS) is 22.1. The molecule has 0 saturated carbocycles. The van der Waals surface area contributed by atoms with Crippen molar-refractivity contribution in [2.75, 3.05) is 51.7 Å². The van der Waals surface area contributed by atoms with Crippen LogP contribution in [0.15, 0.2) is 0 Å². The van der Waals surface area contributed by atoms with E-state index in [1.165, 1.54) is 11.8 Å². The molecular weight excluding hydrogens is 278 g/mol. The molecule has 2 amide bonds. The summed E-state index contributed by atoms with van der Waals surface area (Å²) in [5.74, 6) is 0.865. The molecule has 2 rings (SSSR count). The van der Waals surface area contributed by atoms with Gasteiger partial charge in [-0.05, 0) is 6.92 Å². The number of amides is 2. The Morgan fingerprint density at radius 3 is 2.80 bits per heavy atom. The fourth-order valence-electron chi connectivity index (χ4n) is 2.43. The van der Waals surface area contributed by atoms with Crippen molar-refractivity contribution in [2.45, 2.75) is 19.4 Å². The summed E-state index contributed by atoms with van der Waals surface area (Å²) in [6, 6.07) is 0.129. The lowest BCUT2D eigenvalue weighted by Crippen LogP contribution is -2.46. The van der Waals surface area contributed by atoms with Crippen LogP contribution in [0.25, 0.3) is 0 Å². The number of ether oxygens (including phenoxy) is 1. The molecule has 114 valence electrons. The first-order valence-corrected chi connectivity index (χ1v) is 8.15. The minimum absolute atomic E-state index is 0.0236. The van der Waals surface area contributed by atoms with Gasteiger partial charge < -0.3 is 15.0 Å². The maximum absolute atomic E-state index is 11.9. The predicted octanol–water partition coefficient (Wildman–Crippen LogP) is 0.382. The second-order valence-electron chi connectivity index (χ2n) is 5.23. The standard InChI is InChI=1S/C13H23N3O3S/c1-11(10-15-4-7-19-8-5-15)14-12(17)2-3-16-6-9-20-13(16)18/h11H,2-10H2,1H3,(H,14,17). The molecule has 2 aliphatic heterocycles. The largest absolute Gasteiger partial charge is 0.379 e. The number of nitrogens with one attached hydrogen (secondary N) is 1. The maximum Gasteiger partial charge on any atom is 0.281 e. The van der Waals surface area contributed by atoms with E-state index in [2.05, 4.69) is 10.2 Å². The zero-order valence-corrected chi connectivity index (χ0v) is 12.8. The smallest absolute Gasteiger partial charge is 0.281 e. The zero-order valence-electron chi connectivity index (χ0n) is 12.0. The molecule has 2 heterocycles. The van der Waals surface area contributed by atoms with Gasteiger partial charge in [0.15, 0.2) is 0 Å². The van der Waals surface area contributed by atoms with E-state index in [1.54, 1.807) is 4.90 Å². The second-order valence-corrected chi connectivity index (χ2v) is 6.28. The number of nitrogens with zero attached hydrogens (tertiary/aromatic N) is 2. The molecule has 2 fully saturated rings. The third kappa shape index (κ3) is 4.96. The van der Waals surface area contributed by atoms with E-state index < -0.39 is 0 Å². The van der Waals surface area contributed by atoms with Crippen molar-refractivity contribution in [1.29, 1.82) is 0 Å². The van der Waals surface area contributed by atoms with Crippen LogP contribution < -0.4 is 5.32 Å². The van der Waals surface area contributed by atoms with Crippen molar-refractivity contribution in [2.24, 2.45) is 0 Å². The fourth-order valence-corrected chi connectivity index (χ4v) is 3.28. The molecule has 1 unspecified atom stereocenters. The van der Waals surface area contributed by atoms with Crippen molar-refractivity contribution in [3.8, 4) is 0 Å². The third-order valence-electron chi connectivity index (χ3n) is 3.50. The van der Waals surface area contributed by atoms with Gasteiger partial charge in [0.1, 0.15) is 0 Å². The van der Waals surface area contributed by atoms with Crippen molar-refractivity contribution < 1.29 is 14.3 Å². The lowest BCUT2D eigenvalue weighted by molar-refractivity contribution is -0.122. The lowest BCUT2D eigenvalue weighted by atomic mass is 10.2. The van der Waals surface area contributed by atoms with Gasteiger partial charge >= 0.3 is 0 Å². The second kappa shape index (κ2) is 7.85. The van der Waals surface area contributed by atoms with E-state index in [-0.39, 0.29) is 17.2 Å². The van der Waals surface area contributed by atoms with Crippen LogP contribution in [0.2, 0.25) is 0 Å². The summed E-state index contributed by atoms with van der Waals surface area (Å²) in [6.07, 6.45) is 0.389. The van der Waals surface area contributed by atoms with Crippen LogP contribution in [0.5, 0.6) is 0 Å². The molecule has 2 aliphatic rings. The molecule has 20 heavy (non-hydrogen) atoms. The maximum atomic E-state index is 11.9. The molecule has 0 aromatic rings. The van der Waals surface area contributed by atoms with Crippen LogP contribution in [-0.2, 0) is 9.53 Å². The Morgan fingerprint density at radius 1 is 1.40 bits per heavy atom. The molecule has 6 nitrogen and oxygen atoms in total. The highest BCUT2D eigenvalue weighted by molar-refractivity contribution is 8.13. The summed E-state index contributed by atoms with van der Waals surface area (Å²) in [5.41, 5.74) is 0. The molecular formula is C13H23N3O3S. The molecule has 0 radical (unpaired) electrons. The van der Waals surface area contributed by atoms with E-state index >= 15 is 0 Å². The Balaban J connectivity index is 1.61. The Bertz CT molecular complexity index is 348. The molecule has 1 N–H and O–H groups in total. The number of rotatable bonds is 6. The molecule has 7 heteroatoms. The number of hydrogen-bond acceptors (Lipinski definition) is 5. The molecule has 0 aromatic heterocycles. The summed E-state index contributed by atoms with van der Waals surface area (Å²) in [5, 5.41) is 3.10. The summed E-state index contributed by atoms with van der Waals surface area (Å²) in [6.45, 7) is 7.57. The van der Waals surface area contributed by atoms with Crippen molar-refractivity contribution in [3.05, 3.63) is 0 Å². The molecule has 0 spiro atoms. The quantitative estimate of drug-likeness (QED) is 0.768.